The molecule has 232 valence electrons. The van der Waals surface area contributed by atoms with E-state index in [1.165, 1.54) is 6.92 Å². The molecule has 1 aliphatic rings. The van der Waals surface area contributed by atoms with Crippen LogP contribution < -0.4 is 27.6 Å². The van der Waals surface area contributed by atoms with Crippen molar-refractivity contribution in [3.63, 3.8) is 0 Å². The van der Waals surface area contributed by atoms with Crippen LogP contribution in [-0.2, 0) is 25.8 Å². The van der Waals surface area contributed by atoms with Crippen LogP contribution in [0.2, 0.25) is 0 Å². The Balaban J connectivity index is 1.54. The Bertz CT molecular complexity index is 1750. The van der Waals surface area contributed by atoms with Crippen molar-refractivity contribution in [2.45, 2.75) is 38.8 Å². The summed E-state index contributed by atoms with van der Waals surface area (Å²) in [7, 11) is 0. The topological polar surface area (TPSA) is 115 Å². The number of anilines is 2. The lowest BCUT2D eigenvalue weighted by Gasteiger charge is -2.37. The standard InChI is InChI=1S/C31H33F4N7O2/c1-20-27(40-15-13-39(14-16-40)17-22-9-6-12-38-28(22)37)29(43)42(19-26(36)21-7-3-2-4-8-21)30(44)41(20)18-23-24(31(33,34)35)10-5-11-25(23)32/h2-12,26H,13-19,36H2,1H3,(H2,37,38). The van der Waals surface area contributed by atoms with Gasteiger partial charge in [0.05, 0.1) is 18.7 Å². The van der Waals surface area contributed by atoms with Crippen LogP contribution in [0.3, 0.4) is 0 Å². The number of alkyl halides is 3. The van der Waals surface area contributed by atoms with Gasteiger partial charge in [-0.1, -0.05) is 42.5 Å². The first-order valence-corrected chi connectivity index (χ1v) is 14.1. The van der Waals surface area contributed by atoms with Crippen LogP contribution >= 0.6 is 0 Å². The molecule has 9 nitrogen and oxygen atoms in total. The van der Waals surface area contributed by atoms with Crippen LogP contribution in [0, 0.1) is 12.7 Å². The highest BCUT2D eigenvalue weighted by Gasteiger charge is 2.35. The van der Waals surface area contributed by atoms with E-state index in [-0.39, 0.29) is 17.9 Å². The molecule has 2 aromatic heterocycles. The van der Waals surface area contributed by atoms with E-state index in [1.807, 2.05) is 11.0 Å². The second-order valence-corrected chi connectivity index (χ2v) is 10.8. The van der Waals surface area contributed by atoms with Crippen molar-refractivity contribution >= 4 is 11.5 Å². The summed E-state index contributed by atoms with van der Waals surface area (Å²) in [6.45, 7) is 2.98. The molecular weight excluding hydrogens is 578 g/mol. The number of nitrogens with zero attached hydrogens (tertiary/aromatic N) is 5. The average Bonchev–Trinajstić information content (AvgIpc) is 3.00. The Morgan fingerprint density at radius 2 is 1.61 bits per heavy atom. The van der Waals surface area contributed by atoms with Gasteiger partial charge in [-0.15, -0.1) is 0 Å². The summed E-state index contributed by atoms with van der Waals surface area (Å²) >= 11 is 0. The molecule has 0 amide bonds. The van der Waals surface area contributed by atoms with Gasteiger partial charge in [-0.2, -0.15) is 13.2 Å². The molecule has 1 atom stereocenters. The van der Waals surface area contributed by atoms with E-state index in [2.05, 4.69) is 9.88 Å². The summed E-state index contributed by atoms with van der Waals surface area (Å²) in [6.07, 6.45) is -3.24. The zero-order valence-electron chi connectivity index (χ0n) is 24.1. The van der Waals surface area contributed by atoms with E-state index in [1.54, 1.807) is 42.6 Å². The van der Waals surface area contributed by atoms with Crippen molar-refractivity contribution in [3.8, 4) is 0 Å². The van der Waals surface area contributed by atoms with Crippen LogP contribution in [0.25, 0.3) is 0 Å². The zero-order valence-corrected chi connectivity index (χ0v) is 24.1. The van der Waals surface area contributed by atoms with Gasteiger partial charge in [-0.05, 0) is 30.7 Å². The number of nitrogen functional groups attached to an aromatic ring is 1. The summed E-state index contributed by atoms with van der Waals surface area (Å²) in [6, 6.07) is 14.5. The molecule has 0 spiro atoms. The second-order valence-electron chi connectivity index (χ2n) is 10.8. The molecule has 1 unspecified atom stereocenters. The summed E-state index contributed by atoms with van der Waals surface area (Å²) < 4.78 is 58.5. The van der Waals surface area contributed by atoms with Crippen LogP contribution in [0.15, 0.2) is 76.4 Å². The predicted molar refractivity (Wildman–Crippen MR) is 160 cm³/mol. The number of nitrogens with two attached hydrogens (primary N) is 2. The minimum absolute atomic E-state index is 0.144. The van der Waals surface area contributed by atoms with E-state index in [0.29, 0.717) is 44.1 Å². The van der Waals surface area contributed by atoms with Gasteiger partial charge in [0.25, 0.3) is 5.56 Å². The minimum Gasteiger partial charge on any atom is -0.383 e. The molecule has 1 aliphatic heterocycles. The largest absolute Gasteiger partial charge is 0.416 e. The highest BCUT2D eigenvalue weighted by molar-refractivity contribution is 5.50. The van der Waals surface area contributed by atoms with Crippen molar-refractivity contribution in [3.05, 3.63) is 121 Å². The molecular formula is C31H33F4N7O2. The fraction of sp³-hybridized carbons (Fsp3) is 0.323. The normalized spacial score (nSPS) is 15.0. The highest BCUT2D eigenvalue weighted by Crippen LogP contribution is 2.33. The van der Waals surface area contributed by atoms with Gasteiger partial charge in [0.1, 0.15) is 17.3 Å². The first kappa shape index (κ1) is 31.0. The Hall–Kier alpha value is -4.49. The predicted octanol–water partition coefficient (Wildman–Crippen LogP) is 3.52. The molecule has 0 saturated carbocycles. The molecule has 0 aliphatic carbocycles. The summed E-state index contributed by atoms with van der Waals surface area (Å²) in [4.78, 5) is 35.8. The molecule has 1 fully saturated rings. The third kappa shape index (κ3) is 6.38. The summed E-state index contributed by atoms with van der Waals surface area (Å²) in [5.74, 6) is -0.670. The molecule has 2 aromatic carbocycles. The first-order chi connectivity index (χ1) is 21.0. The lowest BCUT2D eigenvalue weighted by Crippen LogP contribution is -2.51. The number of hydrogen-bond donors (Lipinski definition) is 2. The van der Waals surface area contributed by atoms with Crippen molar-refractivity contribution in [2.24, 2.45) is 5.73 Å². The third-order valence-corrected chi connectivity index (χ3v) is 8.01. The SMILES string of the molecule is Cc1c(N2CCN(Cc3cccnc3N)CC2)c(=O)n(CC(N)c2ccccc2)c(=O)n1Cc1c(F)cccc1C(F)(F)F. The van der Waals surface area contributed by atoms with E-state index in [4.69, 9.17) is 11.5 Å². The molecule has 0 radical (unpaired) electrons. The van der Waals surface area contributed by atoms with Crippen molar-refractivity contribution in [1.29, 1.82) is 0 Å². The fourth-order valence-corrected chi connectivity index (χ4v) is 5.60. The van der Waals surface area contributed by atoms with Gasteiger partial charge in [-0.25, -0.2) is 14.2 Å². The maximum absolute atomic E-state index is 14.9. The zero-order chi connectivity index (χ0) is 31.6. The number of halogens is 4. The highest BCUT2D eigenvalue weighted by atomic mass is 19.4. The van der Waals surface area contributed by atoms with Gasteiger partial charge in [0, 0.05) is 61.8 Å². The Morgan fingerprint density at radius 1 is 0.909 bits per heavy atom. The summed E-state index contributed by atoms with van der Waals surface area (Å²) in [5.41, 5.74) is 10.9. The molecule has 44 heavy (non-hydrogen) atoms. The molecule has 4 N–H and O–H groups in total. The maximum Gasteiger partial charge on any atom is 0.416 e. The van der Waals surface area contributed by atoms with Crippen molar-refractivity contribution < 1.29 is 17.6 Å². The Kier molecular flexibility index (Phi) is 8.88. The maximum atomic E-state index is 14.9. The lowest BCUT2D eigenvalue weighted by molar-refractivity contribution is -0.138. The number of pyridine rings is 1. The number of piperazine rings is 1. The van der Waals surface area contributed by atoms with Crippen LogP contribution in [0.1, 0.15) is 34.0 Å². The fourth-order valence-electron chi connectivity index (χ4n) is 5.60. The molecule has 3 heterocycles. The van der Waals surface area contributed by atoms with Crippen molar-refractivity contribution in [1.82, 2.24) is 19.0 Å². The van der Waals surface area contributed by atoms with Crippen LogP contribution in [0.4, 0.5) is 29.1 Å². The number of benzene rings is 2. The van der Waals surface area contributed by atoms with Crippen LogP contribution in [0.5, 0.6) is 0 Å². The smallest absolute Gasteiger partial charge is 0.383 e. The molecule has 1 saturated heterocycles. The van der Waals surface area contributed by atoms with E-state index >= 15 is 0 Å². The monoisotopic (exact) mass is 611 g/mol. The number of aromatic nitrogens is 3. The van der Waals surface area contributed by atoms with Gasteiger partial charge in [-0.3, -0.25) is 18.8 Å². The van der Waals surface area contributed by atoms with E-state index in [9.17, 15) is 27.2 Å². The molecule has 5 rings (SSSR count). The van der Waals surface area contributed by atoms with Gasteiger partial charge in [0.15, 0.2) is 0 Å². The lowest BCUT2D eigenvalue weighted by atomic mass is 10.1. The third-order valence-electron chi connectivity index (χ3n) is 8.01. The summed E-state index contributed by atoms with van der Waals surface area (Å²) in [5, 5.41) is 0. The van der Waals surface area contributed by atoms with Crippen LogP contribution in [-0.4, -0.2) is 45.2 Å². The Morgan fingerprint density at radius 3 is 2.27 bits per heavy atom. The van der Waals surface area contributed by atoms with E-state index < -0.39 is 47.0 Å². The second kappa shape index (κ2) is 12.6. The quantitative estimate of drug-likeness (QED) is 0.293. The first-order valence-electron chi connectivity index (χ1n) is 14.1. The molecule has 4 aromatic rings. The molecule has 13 heteroatoms. The minimum atomic E-state index is -4.85. The van der Waals surface area contributed by atoms with Crippen molar-refractivity contribution in [2.75, 3.05) is 36.8 Å². The van der Waals surface area contributed by atoms with Gasteiger partial charge < -0.3 is 16.4 Å². The molecule has 0 bridgehead atoms. The van der Waals surface area contributed by atoms with Gasteiger partial charge in [0.2, 0.25) is 0 Å². The average molecular weight is 612 g/mol. The Labute approximate surface area is 251 Å². The number of rotatable bonds is 8. The number of hydrogen-bond acceptors (Lipinski definition) is 7. The van der Waals surface area contributed by atoms with E-state index in [0.717, 1.165) is 32.9 Å². The van der Waals surface area contributed by atoms with Gasteiger partial charge >= 0.3 is 11.9 Å².